The van der Waals surface area contributed by atoms with Crippen LogP contribution in [-0.2, 0) is 7.05 Å². The van der Waals surface area contributed by atoms with E-state index in [1.807, 2.05) is 39.4 Å². The normalized spacial score (nSPS) is 18.5. The first kappa shape index (κ1) is 33.6. The van der Waals surface area contributed by atoms with Crippen molar-refractivity contribution in [1.29, 1.82) is 0 Å². The molecule has 0 saturated carbocycles. The van der Waals surface area contributed by atoms with Crippen LogP contribution >= 0.6 is 0 Å². The van der Waals surface area contributed by atoms with Gasteiger partial charge in [0.25, 0.3) is 0 Å². The summed E-state index contributed by atoms with van der Waals surface area (Å²) >= 11 is 0. The largest absolute Gasteiger partial charge is 0.307 e. The Morgan fingerprint density at radius 3 is 2.03 bits per heavy atom. The van der Waals surface area contributed by atoms with Crippen LogP contribution in [0, 0.1) is 12.8 Å². The summed E-state index contributed by atoms with van der Waals surface area (Å²) in [4.78, 5) is 4.83. The van der Waals surface area contributed by atoms with Gasteiger partial charge in [-0.2, -0.15) is 5.10 Å². The molecule has 0 radical (unpaired) electrons. The van der Waals surface area contributed by atoms with Gasteiger partial charge in [-0.15, -0.1) is 6.58 Å². The summed E-state index contributed by atoms with van der Waals surface area (Å²) in [7, 11) is 1.96. The second kappa shape index (κ2) is 14.1. The molecule has 3 heterocycles. The Labute approximate surface area is 234 Å². The highest BCUT2D eigenvalue weighted by atomic mass is 15.2. The fourth-order valence-electron chi connectivity index (χ4n) is 5.70. The number of allylic oxidation sites excluding steroid dienone is 5. The maximum atomic E-state index is 4.83. The average Bonchev–Trinajstić information content (AvgIpc) is 3.06. The molecule has 1 N–H and O–H groups in total. The lowest BCUT2D eigenvalue weighted by molar-refractivity contribution is 0.138. The Kier molecular flexibility index (Phi) is 12.4. The number of fused-ring (bicyclic) bond motifs is 1. The summed E-state index contributed by atoms with van der Waals surface area (Å²) < 4.78 is 1.87. The molecular formula is C34H56N4. The van der Waals surface area contributed by atoms with Crippen LogP contribution < -0.4 is 5.32 Å². The zero-order chi connectivity index (χ0) is 29.4. The summed E-state index contributed by atoms with van der Waals surface area (Å²) in [5, 5.41) is 9.34. The Hall–Kier alpha value is -2.46. The van der Waals surface area contributed by atoms with E-state index in [2.05, 4.69) is 104 Å². The van der Waals surface area contributed by atoms with Gasteiger partial charge in [0.15, 0.2) is 0 Å². The van der Waals surface area contributed by atoms with E-state index in [-0.39, 0.29) is 0 Å². The summed E-state index contributed by atoms with van der Waals surface area (Å²) in [6, 6.07) is 4.37. The molecule has 0 spiro atoms. The second-order valence-electron chi connectivity index (χ2n) is 12.7. The minimum atomic E-state index is 0.334. The average molecular weight is 521 g/mol. The highest BCUT2D eigenvalue weighted by molar-refractivity contribution is 6.11. The molecule has 0 unspecified atom stereocenters. The summed E-state index contributed by atoms with van der Waals surface area (Å²) in [6.45, 7) is 31.6. The van der Waals surface area contributed by atoms with E-state index in [1.165, 1.54) is 46.1 Å². The minimum Gasteiger partial charge on any atom is -0.307 e. The fraction of sp³-hybridized carbons (Fsp3) is 0.588. The lowest BCUT2D eigenvalue weighted by atomic mass is 9.77. The third-order valence-corrected chi connectivity index (χ3v) is 6.44. The number of aryl methyl sites for hydroxylation is 2. The highest BCUT2D eigenvalue weighted by Crippen LogP contribution is 2.32. The molecule has 38 heavy (non-hydrogen) atoms. The predicted molar refractivity (Wildman–Crippen MR) is 170 cm³/mol. The zero-order valence-corrected chi connectivity index (χ0v) is 27.1. The first-order chi connectivity index (χ1) is 17.5. The second-order valence-corrected chi connectivity index (χ2v) is 12.7. The zero-order valence-electron chi connectivity index (χ0n) is 27.1. The maximum Gasteiger partial charge on any atom is 0.0952 e. The van der Waals surface area contributed by atoms with E-state index in [4.69, 9.17) is 4.99 Å². The van der Waals surface area contributed by atoms with Gasteiger partial charge < -0.3 is 5.32 Å². The Balaban J connectivity index is 0.000000357. The number of nitrogens with zero attached hydrogens (tertiary/aromatic N) is 3. The molecule has 212 valence electrons. The molecular weight excluding hydrogens is 464 g/mol. The van der Waals surface area contributed by atoms with Crippen molar-refractivity contribution in [2.75, 3.05) is 0 Å². The predicted octanol–water partition coefficient (Wildman–Crippen LogP) is 9.49. The molecule has 2 aliphatic heterocycles. The Morgan fingerprint density at radius 1 is 1.00 bits per heavy atom. The van der Waals surface area contributed by atoms with Crippen molar-refractivity contribution < 1.29 is 0 Å². The summed E-state index contributed by atoms with van der Waals surface area (Å²) in [5.41, 5.74) is 10.1. The molecule has 0 bridgehead atoms. The van der Waals surface area contributed by atoms with E-state index in [9.17, 15) is 0 Å². The number of benzene rings is 1. The van der Waals surface area contributed by atoms with Crippen LogP contribution in [0.5, 0.6) is 0 Å². The quantitative estimate of drug-likeness (QED) is 0.380. The minimum absolute atomic E-state index is 0.334. The molecule has 0 amide bonds. The van der Waals surface area contributed by atoms with Crippen LogP contribution in [0.15, 0.2) is 58.4 Å². The number of rotatable bonds is 1. The monoisotopic (exact) mass is 520 g/mol. The molecule has 2 aromatic rings. The Morgan fingerprint density at radius 2 is 1.53 bits per heavy atom. The third kappa shape index (κ3) is 10.7. The van der Waals surface area contributed by atoms with Crippen LogP contribution in [0.3, 0.4) is 0 Å². The standard InChI is InChI=1S/C18H21N3.C10H21N.C4H8.C2H6/c1-11-6-12(2)14(4)19-17(7-11)15-8-13(3)18-16(9-15)10-21(5)20-18;1-8-6-9(2,3)11-10(4,5)7-8;1-4(2)3;1-2/h7-10H,6H2,1-5H3;8,11H,6-7H2,1-5H3;1H2,2-3H3;1-2H3. The van der Waals surface area contributed by atoms with Crippen molar-refractivity contribution in [3.63, 3.8) is 0 Å². The van der Waals surface area contributed by atoms with Crippen molar-refractivity contribution in [3.05, 3.63) is 64.5 Å². The van der Waals surface area contributed by atoms with Crippen LogP contribution in [-0.4, -0.2) is 26.6 Å². The molecule has 4 heteroatoms. The van der Waals surface area contributed by atoms with Crippen molar-refractivity contribution in [2.45, 2.75) is 120 Å². The smallest absolute Gasteiger partial charge is 0.0952 e. The van der Waals surface area contributed by atoms with Gasteiger partial charge in [0.05, 0.1) is 11.2 Å². The van der Waals surface area contributed by atoms with Crippen molar-refractivity contribution >= 4 is 16.6 Å². The summed E-state index contributed by atoms with van der Waals surface area (Å²) in [5.74, 6) is 0.862. The summed E-state index contributed by atoms with van der Waals surface area (Å²) in [6.07, 6.45) is 7.88. The van der Waals surface area contributed by atoms with Crippen molar-refractivity contribution in [1.82, 2.24) is 15.1 Å². The fourth-order valence-corrected chi connectivity index (χ4v) is 5.70. The van der Waals surface area contributed by atoms with Crippen LogP contribution in [0.1, 0.15) is 113 Å². The number of aliphatic imine (C=N–C) groups is 1. The van der Waals surface area contributed by atoms with E-state index in [0.717, 1.165) is 29.3 Å². The van der Waals surface area contributed by atoms with Gasteiger partial charge in [0.1, 0.15) is 0 Å². The lowest BCUT2D eigenvalue weighted by Gasteiger charge is -2.45. The molecule has 1 aromatic heterocycles. The van der Waals surface area contributed by atoms with E-state index < -0.39 is 0 Å². The van der Waals surface area contributed by atoms with E-state index >= 15 is 0 Å². The molecule has 0 atom stereocenters. The van der Waals surface area contributed by atoms with Gasteiger partial charge in [0.2, 0.25) is 0 Å². The first-order valence-corrected chi connectivity index (χ1v) is 14.3. The van der Waals surface area contributed by atoms with Crippen LogP contribution in [0.25, 0.3) is 10.9 Å². The lowest BCUT2D eigenvalue weighted by Crippen LogP contribution is -2.57. The molecule has 1 saturated heterocycles. The molecule has 2 aliphatic rings. The van der Waals surface area contributed by atoms with Gasteiger partial charge in [-0.25, -0.2) is 0 Å². The number of hydrogen-bond acceptors (Lipinski definition) is 3. The molecule has 1 aromatic carbocycles. The molecule has 4 rings (SSSR count). The number of hydrogen-bond donors (Lipinski definition) is 1. The number of aromatic nitrogens is 2. The topological polar surface area (TPSA) is 42.2 Å². The maximum absolute atomic E-state index is 4.83. The van der Waals surface area contributed by atoms with Crippen molar-refractivity contribution in [3.8, 4) is 0 Å². The van der Waals surface area contributed by atoms with Crippen LogP contribution in [0.4, 0.5) is 0 Å². The van der Waals surface area contributed by atoms with Gasteiger partial charge in [-0.05, 0) is 124 Å². The third-order valence-electron chi connectivity index (χ3n) is 6.44. The van der Waals surface area contributed by atoms with Gasteiger partial charge in [0, 0.05) is 41.0 Å². The molecule has 0 aliphatic carbocycles. The van der Waals surface area contributed by atoms with E-state index in [0.29, 0.717) is 11.1 Å². The highest BCUT2D eigenvalue weighted by Gasteiger charge is 2.35. The van der Waals surface area contributed by atoms with Gasteiger partial charge in [-0.3, -0.25) is 9.67 Å². The van der Waals surface area contributed by atoms with E-state index in [1.54, 1.807) is 0 Å². The Bertz CT molecular complexity index is 1160. The molecule has 4 nitrogen and oxygen atoms in total. The van der Waals surface area contributed by atoms with Gasteiger partial charge in [-0.1, -0.05) is 31.9 Å². The number of nitrogens with one attached hydrogen (secondary N) is 1. The molecule has 1 fully saturated rings. The van der Waals surface area contributed by atoms with Crippen LogP contribution in [0.2, 0.25) is 0 Å². The van der Waals surface area contributed by atoms with Crippen molar-refractivity contribution in [2.24, 2.45) is 18.0 Å². The first-order valence-electron chi connectivity index (χ1n) is 14.3. The SMILES string of the molecule is C=C(C)C.CC.CC1=CC(c2cc(C)c3nn(C)cc3c2)=NC(C)=C(C)C1.CC1CC(C)(C)NC(C)(C)C1. The van der Waals surface area contributed by atoms with Gasteiger partial charge >= 0.3 is 0 Å². The number of piperidine rings is 1.